The van der Waals surface area contributed by atoms with Crippen molar-refractivity contribution in [3.05, 3.63) is 40.1 Å². The van der Waals surface area contributed by atoms with Crippen LogP contribution in [0.1, 0.15) is 35.1 Å². The van der Waals surface area contributed by atoms with E-state index in [1.807, 2.05) is 27.6 Å². The van der Waals surface area contributed by atoms with Gasteiger partial charge in [-0.15, -0.1) is 23.7 Å². The van der Waals surface area contributed by atoms with E-state index < -0.39 is 0 Å². The molecule has 1 unspecified atom stereocenters. The molecular weight excluding hydrogens is 398 g/mol. The van der Waals surface area contributed by atoms with Crippen LogP contribution in [0.25, 0.3) is 0 Å². The van der Waals surface area contributed by atoms with Crippen LogP contribution >= 0.6 is 23.7 Å². The molecule has 1 fully saturated rings. The first kappa shape index (κ1) is 20.8. The number of fused-ring (bicyclic) bond motifs is 1. The van der Waals surface area contributed by atoms with Gasteiger partial charge >= 0.3 is 0 Å². The number of aromatic nitrogens is 2. The first-order chi connectivity index (χ1) is 13.1. The van der Waals surface area contributed by atoms with Gasteiger partial charge in [0.15, 0.2) is 0 Å². The molecule has 0 saturated carbocycles. The number of thiophene rings is 1. The Morgan fingerprint density at radius 1 is 1.29 bits per heavy atom. The number of piperazine rings is 1. The molecule has 2 aliphatic rings. The minimum Gasteiger partial charge on any atom is -0.338 e. The fourth-order valence-electron chi connectivity index (χ4n) is 3.91. The summed E-state index contributed by atoms with van der Waals surface area (Å²) in [4.78, 5) is 35.0. The minimum atomic E-state index is -0.0790. The van der Waals surface area contributed by atoms with Crippen LogP contribution < -0.4 is 5.32 Å². The molecule has 0 radical (unpaired) electrons. The van der Waals surface area contributed by atoms with Crippen LogP contribution in [0.2, 0.25) is 0 Å². The smallest absolute Gasteiger partial charge is 0.223 e. The molecule has 152 valence electrons. The lowest BCUT2D eigenvalue weighted by atomic mass is 10.1. The zero-order valence-corrected chi connectivity index (χ0v) is 17.6. The van der Waals surface area contributed by atoms with Crippen molar-refractivity contribution >= 4 is 35.6 Å². The summed E-state index contributed by atoms with van der Waals surface area (Å²) >= 11 is 1.76. The van der Waals surface area contributed by atoms with E-state index >= 15 is 0 Å². The summed E-state index contributed by atoms with van der Waals surface area (Å²) in [5.41, 5.74) is 1.25. The number of imidazole rings is 1. The van der Waals surface area contributed by atoms with Gasteiger partial charge in [0.25, 0.3) is 0 Å². The Morgan fingerprint density at radius 2 is 2.11 bits per heavy atom. The second-order valence-corrected chi connectivity index (χ2v) is 8.14. The second-order valence-electron chi connectivity index (χ2n) is 7.14. The first-order valence-electron chi connectivity index (χ1n) is 9.44. The number of rotatable bonds is 4. The lowest BCUT2D eigenvalue weighted by molar-refractivity contribution is -0.139. The number of carbonyl (C=O) groups is 2. The zero-order valence-electron chi connectivity index (χ0n) is 16.0. The van der Waals surface area contributed by atoms with Crippen LogP contribution in [0.4, 0.5) is 0 Å². The average Bonchev–Trinajstić information content (AvgIpc) is 3.33. The molecule has 1 saturated heterocycles. The Bertz CT molecular complexity index is 836. The largest absolute Gasteiger partial charge is 0.338 e. The predicted molar refractivity (Wildman–Crippen MR) is 110 cm³/mol. The van der Waals surface area contributed by atoms with E-state index in [1.165, 1.54) is 10.4 Å². The fraction of sp³-hybridized carbons (Fsp3) is 0.526. The molecule has 1 N–H and O–H groups in total. The van der Waals surface area contributed by atoms with E-state index in [0.29, 0.717) is 19.6 Å². The molecule has 7 nitrogen and oxygen atoms in total. The molecule has 2 aromatic heterocycles. The molecule has 0 spiro atoms. The van der Waals surface area contributed by atoms with Crippen molar-refractivity contribution < 1.29 is 9.59 Å². The maximum absolute atomic E-state index is 12.9. The van der Waals surface area contributed by atoms with E-state index in [0.717, 1.165) is 25.3 Å². The van der Waals surface area contributed by atoms with Gasteiger partial charge in [0.1, 0.15) is 11.9 Å². The Kier molecular flexibility index (Phi) is 6.74. The number of aryl methyl sites for hydroxylation is 1. The number of carbonyl (C=O) groups excluding carboxylic acids is 2. The van der Waals surface area contributed by atoms with Gasteiger partial charge in [-0.3, -0.25) is 9.59 Å². The SMILES string of the molecule is Cl.Cn1ccnc1C1CNCCN1C(=O)CCC(=O)N1CCc2sccc2C1. The van der Waals surface area contributed by atoms with Gasteiger partial charge in [0, 0.05) is 69.9 Å². The van der Waals surface area contributed by atoms with Crippen LogP contribution in [0.15, 0.2) is 23.8 Å². The summed E-state index contributed by atoms with van der Waals surface area (Å²) in [6.45, 7) is 3.54. The minimum absolute atomic E-state index is 0. The third kappa shape index (κ3) is 4.24. The molecule has 0 aliphatic carbocycles. The van der Waals surface area contributed by atoms with Crippen molar-refractivity contribution in [2.24, 2.45) is 7.05 Å². The van der Waals surface area contributed by atoms with Crippen molar-refractivity contribution in [2.45, 2.75) is 31.8 Å². The highest BCUT2D eigenvalue weighted by atomic mass is 35.5. The van der Waals surface area contributed by atoms with Crippen molar-refractivity contribution in [2.75, 3.05) is 26.2 Å². The highest BCUT2D eigenvalue weighted by Gasteiger charge is 2.31. The van der Waals surface area contributed by atoms with Gasteiger partial charge < -0.3 is 19.7 Å². The normalized spacial score (nSPS) is 19.1. The van der Waals surface area contributed by atoms with Gasteiger partial charge in [-0.25, -0.2) is 4.98 Å². The van der Waals surface area contributed by atoms with Crippen molar-refractivity contribution in [3.63, 3.8) is 0 Å². The molecule has 2 aliphatic heterocycles. The van der Waals surface area contributed by atoms with Gasteiger partial charge in [-0.05, 0) is 23.4 Å². The third-order valence-corrected chi connectivity index (χ3v) is 6.46. The second kappa shape index (κ2) is 9.07. The summed E-state index contributed by atoms with van der Waals surface area (Å²) in [6.07, 6.45) is 5.10. The molecule has 28 heavy (non-hydrogen) atoms. The van der Waals surface area contributed by atoms with E-state index in [2.05, 4.69) is 21.7 Å². The molecule has 2 aromatic rings. The van der Waals surface area contributed by atoms with E-state index in [4.69, 9.17) is 0 Å². The number of nitrogens with zero attached hydrogens (tertiary/aromatic N) is 4. The average molecular weight is 424 g/mol. The molecule has 4 rings (SSSR count). The summed E-state index contributed by atoms with van der Waals surface area (Å²) in [6, 6.07) is 2.02. The Labute approximate surface area is 175 Å². The highest BCUT2D eigenvalue weighted by Crippen LogP contribution is 2.25. The van der Waals surface area contributed by atoms with E-state index in [9.17, 15) is 9.59 Å². The van der Waals surface area contributed by atoms with Gasteiger partial charge in [0.05, 0.1) is 0 Å². The summed E-state index contributed by atoms with van der Waals surface area (Å²) in [7, 11) is 1.94. The molecule has 1 atom stereocenters. The van der Waals surface area contributed by atoms with E-state index in [1.54, 1.807) is 17.5 Å². The quantitative estimate of drug-likeness (QED) is 0.813. The maximum Gasteiger partial charge on any atom is 0.223 e. The number of hydrogen-bond acceptors (Lipinski definition) is 5. The lowest BCUT2D eigenvalue weighted by Gasteiger charge is -2.36. The standard InChI is InChI=1S/C19H25N5O2S.ClH/c1-22-9-7-21-19(22)15-12-20-6-10-24(15)18(26)3-2-17(25)23-8-4-16-14(13-23)5-11-27-16;/h5,7,9,11,15,20H,2-4,6,8,10,12-13H2,1H3;1H. The lowest BCUT2D eigenvalue weighted by Crippen LogP contribution is -2.49. The van der Waals surface area contributed by atoms with Crippen LogP contribution in [0.5, 0.6) is 0 Å². The molecule has 2 amide bonds. The molecule has 4 heterocycles. The van der Waals surface area contributed by atoms with Crippen LogP contribution in [-0.4, -0.2) is 57.3 Å². The van der Waals surface area contributed by atoms with Crippen LogP contribution in [0, 0.1) is 0 Å². The summed E-state index contributed by atoms with van der Waals surface area (Å²) in [5.74, 6) is 0.984. The monoisotopic (exact) mass is 423 g/mol. The number of halogens is 1. The number of hydrogen-bond donors (Lipinski definition) is 1. The predicted octanol–water partition coefficient (Wildman–Crippen LogP) is 1.74. The molecule has 0 bridgehead atoms. The highest BCUT2D eigenvalue weighted by molar-refractivity contribution is 7.10. The molecule has 0 aromatic carbocycles. The maximum atomic E-state index is 12.9. The van der Waals surface area contributed by atoms with Crippen molar-refractivity contribution in [1.29, 1.82) is 0 Å². The molecular formula is C19H26ClN5O2S. The summed E-state index contributed by atoms with van der Waals surface area (Å²) in [5, 5.41) is 5.42. The van der Waals surface area contributed by atoms with Gasteiger partial charge in [0.2, 0.25) is 11.8 Å². The number of nitrogens with one attached hydrogen (secondary N) is 1. The Balaban J connectivity index is 0.00000225. The van der Waals surface area contributed by atoms with Gasteiger partial charge in [-0.2, -0.15) is 0 Å². The van der Waals surface area contributed by atoms with Crippen LogP contribution in [-0.2, 0) is 29.6 Å². The fourth-order valence-corrected chi connectivity index (χ4v) is 4.80. The Hall–Kier alpha value is -1.90. The first-order valence-corrected chi connectivity index (χ1v) is 10.3. The Morgan fingerprint density at radius 3 is 2.89 bits per heavy atom. The number of amides is 2. The zero-order chi connectivity index (χ0) is 18.8. The van der Waals surface area contributed by atoms with Gasteiger partial charge in [-0.1, -0.05) is 0 Å². The topological polar surface area (TPSA) is 70.5 Å². The van der Waals surface area contributed by atoms with E-state index in [-0.39, 0.29) is 43.1 Å². The molecule has 9 heteroatoms. The van der Waals surface area contributed by atoms with Crippen molar-refractivity contribution in [3.8, 4) is 0 Å². The van der Waals surface area contributed by atoms with Crippen LogP contribution in [0.3, 0.4) is 0 Å². The third-order valence-electron chi connectivity index (χ3n) is 5.43. The summed E-state index contributed by atoms with van der Waals surface area (Å²) < 4.78 is 1.95. The van der Waals surface area contributed by atoms with Crippen molar-refractivity contribution in [1.82, 2.24) is 24.7 Å².